The van der Waals surface area contributed by atoms with Crippen LogP contribution in [-0.4, -0.2) is 25.8 Å². The zero-order valence-corrected chi connectivity index (χ0v) is 12.1. The number of rotatable bonds is 6. The summed E-state index contributed by atoms with van der Waals surface area (Å²) in [5, 5.41) is 0.294. The first-order valence-corrected chi connectivity index (χ1v) is 6.56. The maximum absolute atomic E-state index is 12.0. The van der Waals surface area contributed by atoms with Gasteiger partial charge in [-0.25, -0.2) is 0 Å². The Kier molecular flexibility index (Phi) is 4.95. The van der Waals surface area contributed by atoms with Gasteiger partial charge in [-0.3, -0.25) is 9.59 Å². The van der Waals surface area contributed by atoms with Gasteiger partial charge in [0.1, 0.15) is 17.8 Å². The smallest absolute Gasteiger partial charge is 0.200 e. The third kappa shape index (κ3) is 3.83. The number of carbonyl (C=O) groups excluding carboxylic acids is 2. The van der Waals surface area contributed by atoms with Crippen molar-refractivity contribution in [1.82, 2.24) is 0 Å². The molecule has 0 spiro atoms. The SMILES string of the molecule is COc1ccc(C(=O)COc2ccc(C=O)cc2Cl)cc1. The predicted octanol–water partition coefficient (Wildman–Crippen LogP) is 3.42. The normalized spacial score (nSPS) is 10.0. The Hall–Kier alpha value is -2.33. The molecule has 0 aliphatic rings. The number of aldehydes is 1. The fourth-order valence-electron chi connectivity index (χ4n) is 1.71. The number of Topliss-reactive ketones (excluding diaryl/α,β-unsaturated/α-hetero) is 1. The number of carbonyl (C=O) groups is 2. The third-order valence-electron chi connectivity index (χ3n) is 2.86. The Balaban J connectivity index is 2.01. The van der Waals surface area contributed by atoms with E-state index in [0.717, 1.165) is 0 Å². The molecule has 0 bridgehead atoms. The van der Waals surface area contributed by atoms with Gasteiger partial charge in [0, 0.05) is 11.1 Å². The van der Waals surface area contributed by atoms with Gasteiger partial charge in [-0.15, -0.1) is 0 Å². The maximum atomic E-state index is 12.0. The number of ketones is 1. The molecule has 5 heteroatoms. The van der Waals surface area contributed by atoms with Crippen LogP contribution in [0.1, 0.15) is 20.7 Å². The molecule has 0 aliphatic carbocycles. The highest BCUT2D eigenvalue weighted by Crippen LogP contribution is 2.25. The second-order valence-electron chi connectivity index (χ2n) is 4.25. The predicted molar refractivity (Wildman–Crippen MR) is 79.7 cm³/mol. The molecule has 0 unspecified atom stereocenters. The Morgan fingerprint density at radius 3 is 2.48 bits per heavy atom. The molecule has 0 N–H and O–H groups in total. The van der Waals surface area contributed by atoms with Crippen molar-refractivity contribution in [1.29, 1.82) is 0 Å². The summed E-state index contributed by atoms with van der Waals surface area (Å²) >= 11 is 5.97. The van der Waals surface area contributed by atoms with Crippen molar-refractivity contribution in [2.75, 3.05) is 13.7 Å². The van der Waals surface area contributed by atoms with E-state index in [-0.39, 0.29) is 12.4 Å². The Morgan fingerprint density at radius 2 is 1.90 bits per heavy atom. The number of ether oxygens (including phenoxy) is 2. The summed E-state index contributed by atoms with van der Waals surface area (Å²) < 4.78 is 10.4. The molecule has 0 heterocycles. The van der Waals surface area contributed by atoms with Crippen molar-refractivity contribution in [2.24, 2.45) is 0 Å². The second-order valence-corrected chi connectivity index (χ2v) is 4.66. The van der Waals surface area contributed by atoms with Crippen LogP contribution in [0.4, 0.5) is 0 Å². The maximum Gasteiger partial charge on any atom is 0.200 e. The highest BCUT2D eigenvalue weighted by Gasteiger charge is 2.09. The highest BCUT2D eigenvalue weighted by atomic mass is 35.5. The summed E-state index contributed by atoms with van der Waals surface area (Å²) in [5.74, 6) is 0.872. The molecule has 2 aromatic carbocycles. The Labute approximate surface area is 127 Å². The molecule has 4 nitrogen and oxygen atoms in total. The summed E-state index contributed by atoms with van der Waals surface area (Å²) in [6.45, 7) is -0.132. The minimum atomic E-state index is -0.173. The molecule has 108 valence electrons. The van der Waals surface area contributed by atoms with Crippen LogP contribution in [0.15, 0.2) is 42.5 Å². The minimum Gasteiger partial charge on any atom is -0.497 e. The van der Waals surface area contributed by atoms with E-state index in [1.165, 1.54) is 6.07 Å². The van der Waals surface area contributed by atoms with Gasteiger partial charge in [-0.1, -0.05) is 11.6 Å². The molecule has 21 heavy (non-hydrogen) atoms. The van der Waals surface area contributed by atoms with E-state index in [1.807, 2.05) is 0 Å². The molecule has 0 saturated carbocycles. The van der Waals surface area contributed by atoms with Crippen LogP contribution in [0.25, 0.3) is 0 Å². The van der Waals surface area contributed by atoms with Crippen molar-refractivity contribution in [2.45, 2.75) is 0 Å². The van der Waals surface area contributed by atoms with Crippen molar-refractivity contribution in [3.05, 3.63) is 58.6 Å². The minimum absolute atomic E-state index is 0.132. The van der Waals surface area contributed by atoms with Crippen molar-refractivity contribution in [3.8, 4) is 11.5 Å². The van der Waals surface area contributed by atoms with Crippen LogP contribution in [0.5, 0.6) is 11.5 Å². The van der Waals surface area contributed by atoms with E-state index in [9.17, 15) is 9.59 Å². The molecule has 0 amide bonds. The van der Waals surface area contributed by atoms with Gasteiger partial charge in [0.25, 0.3) is 0 Å². The van der Waals surface area contributed by atoms with Gasteiger partial charge in [0.2, 0.25) is 0 Å². The first-order chi connectivity index (χ1) is 10.1. The summed E-state index contributed by atoms with van der Waals surface area (Å²) in [6.07, 6.45) is 0.693. The average Bonchev–Trinajstić information content (AvgIpc) is 2.53. The van der Waals surface area contributed by atoms with Crippen molar-refractivity contribution < 1.29 is 19.1 Å². The van der Waals surface area contributed by atoms with E-state index < -0.39 is 0 Å². The van der Waals surface area contributed by atoms with Gasteiger partial charge < -0.3 is 9.47 Å². The average molecular weight is 305 g/mol. The number of hydrogen-bond donors (Lipinski definition) is 0. The molecule has 0 fully saturated rings. The third-order valence-corrected chi connectivity index (χ3v) is 3.16. The summed E-state index contributed by atoms with van der Waals surface area (Å²) in [6, 6.07) is 11.4. The van der Waals surface area contributed by atoms with Crippen LogP contribution >= 0.6 is 11.6 Å². The Morgan fingerprint density at radius 1 is 1.19 bits per heavy atom. The first kappa shape index (κ1) is 15.1. The van der Waals surface area contributed by atoms with Crippen molar-refractivity contribution >= 4 is 23.7 Å². The summed E-state index contributed by atoms with van der Waals surface area (Å²) in [4.78, 5) is 22.6. The van der Waals surface area contributed by atoms with Gasteiger partial charge in [-0.2, -0.15) is 0 Å². The molecule has 0 aliphatic heterocycles. The van der Waals surface area contributed by atoms with Crippen LogP contribution in [0.2, 0.25) is 5.02 Å². The molecule has 2 aromatic rings. The standard InChI is InChI=1S/C16H13ClO4/c1-20-13-5-3-12(4-6-13)15(19)10-21-16-7-2-11(9-18)8-14(16)17/h2-9H,10H2,1H3. The molecule has 0 aromatic heterocycles. The number of methoxy groups -OCH3 is 1. The van der Waals surface area contributed by atoms with E-state index in [1.54, 1.807) is 43.5 Å². The molecule has 0 saturated heterocycles. The second kappa shape index (κ2) is 6.90. The van der Waals surface area contributed by atoms with Crippen LogP contribution < -0.4 is 9.47 Å². The number of benzene rings is 2. The monoisotopic (exact) mass is 304 g/mol. The van der Waals surface area contributed by atoms with Gasteiger partial charge >= 0.3 is 0 Å². The lowest BCUT2D eigenvalue weighted by Gasteiger charge is -2.08. The molecule has 2 rings (SSSR count). The molecule has 0 atom stereocenters. The fourth-order valence-corrected chi connectivity index (χ4v) is 1.95. The van der Waals surface area contributed by atoms with Gasteiger partial charge in [-0.05, 0) is 42.5 Å². The van der Waals surface area contributed by atoms with Crippen LogP contribution in [0, 0.1) is 0 Å². The molecular formula is C16H13ClO4. The lowest BCUT2D eigenvalue weighted by molar-refractivity contribution is 0.0921. The van der Waals surface area contributed by atoms with Gasteiger partial charge in [0.05, 0.1) is 12.1 Å². The number of halogens is 1. The summed E-state index contributed by atoms with van der Waals surface area (Å²) in [5.41, 5.74) is 0.977. The lowest BCUT2D eigenvalue weighted by Crippen LogP contribution is -2.11. The van der Waals surface area contributed by atoms with Crippen LogP contribution in [-0.2, 0) is 0 Å². The topological polar surface area (TPSA) is 52.6 Å². The fraction of sp³-hybridized carbons (Fsp3) is 0.125. The Bertz CT molecular complexity index is 650. The zero-order chi connectivity index (χ0) is 15.2. The molecule has 0 radical (unpaired) electrons. The largest absolute Gasteiger partial charge is 0.497 e. The van der Waals surface area contributed by atoms with E-state index in [0.29, 0.717) is 33.9 Å². The summed E-state index contributed by atoms with van der Waals surface area (Å²) in [7, 11) is 1.56. The molecular weight excluding hydrogens is 292 g/mol. The number of hydrogen-bond acceptors (Lipinski definition) is 4. The highest BCUT2D eigenvalue weighted by molar-refractivity contribution is 6.32. The quantitative estimate of drug-likeness (QED) is 0.606. The first-order valence-electron chi connectivity index (χ1n) is 6.19. The zero-order valence-electron chi connectivity index (χ0n) is 11.3. The van der Waals surface area contributed by atoms with E-state index in [4.69, 9.17) is 21.1 Å². The van der Waals surface area contributed by atoms with E-state index in [2.05, 4.69) is 0 Å². The van der Waals surface area contributed by atoms with E-state index >= 15 is 0 Å². The van der Waals surface area contributed by atoms with Crippen LogP contribution in [0.3, 0.4) is 0 Å². The van der Waals surface area contributed by atoms with Gasteiger partial charge in [0.15, 0.2) is 12.4 Å². The lowest BCUT2D eigenvalue weighted by atomic mass is 10.1. The van der Waals surface area contributed by atoms with Crippen molar-refractivity contribution in [3.63, 3.8) is 0 Å².